The fourth-order valence-corrected chi connectivity index (χ4v) is 5.30. The van der Waals surface area contributed by atoms with Gasteiger partial charge in [-0.25, -0.2) is 4.79 Å². The molecule has 3 rings (SSSR count). The van der Waals surface area contributed by atoms with E-state index in [0.717, 1.165) is 49.9 Å². The van der Waals surface area contributed by atoms with Crippen LogP contribution in [0.2, 0.25) is 0 Å². The van der Waals surface area contributed by atoms with Crippen LogP contribution in [0.15, 0.2) is 67.5 Å². The number of likely N-dealkylation sites (tertiary alicyclic amines) is 1. The van der Waals surface area contributed by atoms with Gasteiger partial charge in [0.1, 0.15) is 0 Å². The zero-order valence-electron chi connectivity index (χ0n) is 25.9. The summed E-state index contributed by atoms with van der Waals surface area (Å²) in [5.74, 6) is 0.117. The number of hydrogen-bond donors (Lipinski definition) is 4. The molecule has 1 aromatic rings. The molecule has 2 fully saturated rings. The largest absolute Gasteiger partial charge is 0.447 e. The summed E-state index contributed by atoms with van der Waals surface area (Å²) in [4.78, 5) is 40.2. The Labute approximate surface area is 252 Å². The third-order valence-electron chi connectivity index (χ3n) is 7.54. The second-order valence-electron chi connectivity index (χ2n) is 11.7. The second kappa shape index (κ2) is 17.3. The van der Waals surface area contributed by atoms with Crippen molar-refractivity contribution in [1.29, 1.82) is 0 Å². The van der Waals surface area contributed by atoms with Crippen LogP contribution in [-0.2, 0) is 20.9 Å². The minimum atomic E-state index is -0.454. The number of rotatable bonds is 14. The summed E-state index contributed by atoms with van der Waals surface area (Å²) in [7, 11) is 0. The predicted octanol–water partition coefficient (Wildman–Crippen LogP) is 4.62. The van der Waals surface area contributed by atoms with Gasteiger partial charge in [0.2, 0.25) is 11.8 Å². The van der Waals surface area contributed by atoms with Crippen molar-refractivity contribution >= 4 is 17.9 Å². The highest BCUT2D eigenvalue weighted by atomic mass is 16.6. The van der Waals surface area contributed by atoms with Crippen LogP contribution in [0.4, 0.5) is 4.79 Å². The van der Waals surface area contributed by atoms with Crippen molar-refractivity contribution in [2.45, 2.75) is 84.5 Å². The number of carbonyl (C=O) groups is 3. The van der Waals surface area contributed by atoms with Gasteiger partial charge in [-0.2, -0.15) is 0 Å². The first-order chi connectivity index (χ1) is 20.0. The van der Waals surface area contributed by atoms with E-state index in [1.807, 2.05) is 58.0 Å². The normalized spacial score (nSPS) is 17.4. The number of amides is 3. The van der Waals surface area contributed by atoms with Gasteiger partial charge in [0.15, 0.2) is 0 Å². The summed E-state index contributed by atoms with van der Waals surface area (Å²) in [6, 6.07) is 9.43. The average molecular weight is 582 g/mol. The minimum Gasteiger partial charge on any atom is -0.447 e. The maximum Gasteiger partial charge on any atom is 0.407 e. The van der Waals surface area contributed by atoms with Crippen molar-refractivity contribution in [2.24, 2.45) is 23.5 Å². The summed E-state index contributed by atoms with van der Waals surface area (Å²) in [5, 5.41) is 8.62. The maximum atomic E-state index is 13.2. The molecule has 3 amide bonds. The van der Waals surface area contributed by atoms with E-state index < -0.39 is 6.09 Å². The first kappa shape index (κ1) is 34.5. The molecule has 3 atom stereocenters. The predicted molar refractivity (Wildman–Crippen MR) is 168 cm³/mol. The molecule has 42 heavy (non-hydrogen) atoms. The average Bonchev–Trinajstić information content (AvgIpc) is 3.64. The Hall–Kier alpha value is -3.75. The van der Waals surface area contributed by atoms with E-state index in [0.29, 0.717) is 18.0 Å². The van der Waals surface area contributed by atoms with E-state index in [2.05, 4.69) is 46.3 Å². The number of nitrogens with zero attached hydrogens (tertiary/aromatic N) is 1. The van der Waals surface area contributed by atoms with Crippen molar-refractivity contribution in [1.82, 2.24) is 20.9 Å². The Bertz CT molecular complexity index is 1070. The van der Waals surface area contributed by atoms with Crippen LogP contribution in [0.1, 0.15) is 65.4 Å². The highest BCUT2D eigenvalue weighted by Crippen LogP contribution is 2.42. The van der Waals surface area contributed by atoms with E-state index in [9.17, 15) is 14.4 Å². The molecule has 0 radical (unpaired) electrons. The zero-order chi connectivity index (χ0) is 31.2. The Balaban J connectivity index is 0.00000197. The lowest BCUT2D eigenvalue weighted by molar-refractivity contribution is -0.124. The summed E-state index contributed by atoms with van der Waals surface area (Å²) >= 11 is 0. The standard InChI is InChI=1S/C31H46N4O4.C2H5N/c1-20(2)29(34-31(38)39-21(3)4)23(6)35-16-10-13-27(35)26(17-24-14-15-24)22(5)30(37)33-19-28(36)32-18-25-11-8-7-9-12-25;1-2-3/h7-9,11-12,20-21,24,26-27,29H,5-6,10,13-19H2,1-4H3,(H,32,36)(H,33,37)(H,34,38);2H,1,3H2. The molecule has 1 aliphatic carbocycles. The first-order valence-electron chi connectivity index (χ1n) is 15.0. The number of alkyl carbamates (subject to hydrolysis) is 1. The van der Waals surface area contributed by atoms with Gasteiger partial charge in [-0.05, 0) is 56.7 Å². The molecule has 1 heterocycles. The van der Waals surface area contributed by atoms with Gasteiger partial charge >= 0.3 is 6.09 Å². The molecule has 5 N–H and O–H groups in total. The van der Waals surface area contributed by atoms with Gasteiger partial charge in [-0.3, -0.25) is 9.59 Å². The van der Waals surface area contributed by atoms with Gasteiger partial charge in [0.05, 0.1) is 18.7 Å². The van der Waals surface area contributed by atoms with E-state index >= 15 is 0 Å². The van der Waals surface area contributed by atoms with Gasteiger partial charge in [-0.15, -0.1) is 0 Å². The van der Waals surface area contributed by atoms with Crippen molar-refractivity contribution in [3.63, 3.8) is 0 Å². The van der Waals surface area contributed by atoms with Gasteiger partial charge in [0, 0.05) is 36.3 Å². The van der Waals surface area contributed by atoms with Gasteiger partial charge in [0.25, 0.3) is 0 Å². The lowest BCUT2D eigenvalue weighted by Gasteiger charge is -2.39. The van der Waals surface area contributed by atoms with Crippen LogP contribution in [0.25, 0.3) is 0 Å². The van der Waals surface area contributed by atoms with Crippen LogP contribution < -0.4 is 21.7 Å². The first-order valence-corrected chi connectivity index (χ1v) is 15.0. The molecule has 1 saturated heterocycles. The van der Waals surface area contributed by atoms with Crippen LogP contribution in [-0.4, -0.2) is 54.1 Å². The fraction of sp³-hybridized carbons (Fsp3) is 0.545. The molecule has 1 aliphatic heterocycles. The minimum absolute atomic E-state index is 0.0560. The lowest BCUT2D eigenvalue weighted by atomic mass is 9.84. The number of benzene rings is 1. The monoisotopic (exact) mass is 581 g/mol. The van der Waals surface area contributed by atoms with Crippen molar-refractivity contribution in [2.75, 3.05) is 13.1 Å². The molecule has 9 heteroatoms. The molecule has 0 bridgehead atoms. The highest BCUT2D eigenvalue weighted by molar-refractivity contribution is 5.95. The molecular formula is C33H51N5O4. The molecule has 232 valence electrons. The highest BCUT2D eigenvalue weighted by Gasteiger charge is 2.40. The van der Waals surface area contributed by atoms with Crippen molar-refractivity contribution < 1.29 is 19.1 Å². The SMILES string of the molecule is C=C(C(=O)NCC(=O)NCc1ccccc1)C(CC1CC1)C1CCCN1C(=C)C(NC(=O)OC(C)C)C(C)C.C=CN. The lowest BCUT2D eigenvalue weighted by Crippen LogP contribution is -2.48. The molecule has 0 spiro atoms. The van der Waals surface area contributed by atoms with E-state index in [-0.39, 0.29) is 48.4 Å². The van der Waals surface area contributed by atoms with Crippen LogP contribution >= 0.6 is 0 Å². The number of nitrogens with two attached hydrogens (primary N) is 1. The molecule has 9 nitrogen and oxygen atoms in total. The van der Waals surface area contributed by atoms with Crippen LogP contribution in [0.3, 0.4) is 0 Å². The second-order valence-corrected chi connectivity index (χ2v) is 11.7. The Morgan fingerprint density at radius 1 is 1.07 bits per heavy atom. The van der Waals surface area contributed by atoms with Crippen LogP contribution in [0.5, 0.6) is 0 Å². The van der Waals surface area contributed by atoms with E-state index in [1.165, 1.54) is 6.20 Å². The van der Waals surface area contributed by atoms with Gasteiger partial charge < -0.3 is 31.3 Å². The smallest absolute Gasteiger partial charge is 0.407 e. The zero-order valence-corrected chi connectivity index (χ0v) is 25.9. The summed E-state index contributed by atoms with van der Waals surface area (Å²) in [6.07, 6.45) is 5.69. The third kappa shape index (κ3) is 11.3. The Morgan fingerprint density at radius 3 is 2.29 bits per heavy atom. The van der Waals surface area contributed by atoms with Crippen molar-refractivity contribution in [3.8, 4) is 0 Å². The maximum absolute atomic E-state index is 13.2. The number of carbonyl (C=O) groups excluding carboxylic acids is 3. The molecule has 1 saturated carbocycles. The van der Waals surface area contributed by atoms with Gasteiger partial charge in [-0.1, -0.05) is 76.8 Å². The third-order valence-corrected chi connectivity index (χ3v) is 7.54. The number of ether oxygens (including phenoxy) is 1. The van der Waals surface area contributed by atoms with Crippen LogP contribution in [0, 0.1) is 17.8 Å². The summed E-state index contributed by atoms with van der Waals surface area (Å²) in [5.41, 5.74) is 6.96. The molecule has 2 aliphatic rings. The van der Waals surface area contributed by atoms with Crippen molar-refractivity contribution in [3.05, 3.63) is 73.1 Å². The Kier molecular flexibility index (Phi) is 14.2. The van der Waals surface area contributed by atoms with E-state index in [4.69, 9.17) is 4.74 Å². The van der Waals surface area contributed by atoms with E-state index in [1.54, 1.807) is 0 Å². The molecular weight excluding hydrogens is 530 g/mol. The fourth-order valence-electron chi connectivity index (χ4n) is 5.30. The number of nitrogens with one attached hydrogen (secondary N) is 3. The molecule has 0 aromatic heterocycles. The molecule has 3 unspecified atom stereocenters. The molecule has 1 aromatic carbocycles. The topological polar surface area (TPSA) is 126 Å². The summed E-state index contributed by atoms with van der Waals surface area (Å²) < 4.78 is 5.33. The number of hydrogen-bond acceptors (Lipinski definition) is 6. The summed E-state index contributed by atoms with van der Waals surface area (Å²) in [6.45, 7) is 20.6. The Morgan fingerprint density at radius 2 is 1.71 bits per heavy atom. The quantitative estimate of drug-likeness (QED) is 0.238.